The van der Waals surface area contributed by atoms with Crippen molar-refractivity contribution in [2.75, 3.05) is 0 Å². The molecule has 1 aromatic heterocycles. The van der Waals surface area contributed by atoms with E-state index in [0.717, 1.165) is 31.5 Å². The van der Waals surface area contributed by atoms with Crippen LogP contribution in [-0.2, 0) is 19.3 Å². The lowest BCUT2D eigenvalue weighted by Crippen LogP contribution is -2.04. The van der Waals surface area contributed by atoms with Crippen molar-refractivity contribution in [3.05, 3.63) is 23.3 Å². The zero-order valence-corrected chi connectivity index (χ0v) is 34.3. The molecule has 0 saturated carbocycles. The largest absolute Gasteiger partial charge is 0.238 e. The quantitative estimate of drug-likeness (QED) is 0.0644. The maximum Gasteiger partial charge on any atom is 0.128 e. The van der Waals surface area contributed by atoms with E-state index in [1.165, 1.54) is 243 Å². The highest BCUT2D eigenvalue weighted by Gasteiger charge is 2.06. The highest BCUT2D eigenvalue weighted by molar-refractivity contribution is 5.12. The van der Waals surface area contributed by atoms with Gasteiger partial charge in [-0.25, -0.2) is 9.97 Å². The third-order valence-corrected chi connectivity index (χ3v) is 10.9. The SMILES string of the molecule is CCCCCCCCCCCCCCCCCCCCc1cc(CCCCCCCCCCCCCCCCCCCC)nc(CCC)n1. The fourth-order valence-electron chi connectivity index (χ4n) is 7.62. The highest BCUT2D eigenvalue weighted by atomic mass is 14.9. The van der Waals surface area contributed by atoms with Crippen LogP contribution in [-0.4, -0.2) is 9.97 Å². The third kappa shape index (κ3) is 32.7. The van der Waals surface area contributed by atoms with Crippen molar-refractivity contribution in [2.45, 2.75) is 278 Å². The van der Waals surface area contributed by atoms with E-state index >= 15 is 0 Å². The molecule has 0 aromatic carbocycles. The molecule has 0 N–H and O–H groups in total. The molecule has 288 valence electrons. The van der Waals surface area contributed by atoms with Crippen LogP contribution in [0.1, 0.15) is 276 Å². The summed E-state index contributed by atoms with van der Waals surface area (Å²) in [5.41, 5.74) is 2.62. The smallest absolute Gasteiger partial charge is 0.128 e. The van der Waals surface area contributed by atoms with Gasteiger partial charge in [0.05, 0.1) is 0 Å². The molecule has 2 nitrogen and oxygen atoms in total. The topological polar surface area (TPSA) is 25.8 Å². The lowest BCUT2D eigenvalue weighted by Gasteiger charge is -2.09. The van der Waals surface area contributed by atoms with Crippen molar-refractivity contribution >= 4 is 0 Å². The van der Waals surface area contributed by atoms with Crippen LogP contribution in [0.2, 0.25) is 0 Å². The maximum atomic E-state index is 4.96. The molecule has 0 atom stereocenters. The van der Waals surface area contributed by atoms with Crippen molar-refractivity contribution in [1.29, 1.82) is 0 Å². The summed E-state index contributed by atoms with van der Waals surface area (Å²) >= 11 is 0. The van der Waals surface area contributed by atoms with Gasteiger partial charge in [0.25, 0.3) is 0 Å². The molecule has 1 rings (SSSR count). The molecule has 0 amide bonds. The average Bonchev–Trinajstić information content (AvgIpc) is 3.10. The molecule has 0 saturated heterocycles. The highest BCUT2D eigenvalue weighted by Crippen LogP contribution is 2.18. The summed E-state index contributed by atoms with van der Waals surface area (Å²) < 4.78 is 0. The Balaban J connectivity index is 1.98. The van der Waals surface area contributed by atoms with Crippen LogP contribution < -0.4 is 0 Å². The van der Waals surface area contributed by atoms with Gasteiger partial charge in [0.1, 0.15) is 5.82 Å². The van der Waals surface area contributed by atoms with Crippen LogP contribution >= 0.6 is 0 Å². The van der Waals surface area contributed by atoms with Crippen molar-refractivity contribution in [2.24, 2.45) is 0 Å². The predicted molar refractivity (Wildman–Crippen MR) is 221 cm³/mol. The number of rotatable bonds is 40. The van der Waals surface area contributed by atoms with E-state index in [2.05, 4.69) is 26.8 Å². The standard InChI is InChI=1S/C47H90N2/c1-4-7-9-11-13-15-17-19-21-23-25-27-29-31-33-35-37-39-42-45-44-46(49-47(48-45)41-6-3)43-40-38-36-34-32-30-28-26-24-22-20-18-16-14-12-10-8-5-2/h44H,4-43H2,1-3H3. The lowest BCUT2D eigenvalue weighted by atomic mass is 10.0. The van der Waals surface area contributed by atoms with E-state index in [4.69, 9.17) is 9.97 Å². The molecule has 0 aliphatic carbocycles. The van der Waals surface area contributed by atoms with E-state index in [1.807, 2.05) is 0 Å². The monoisotopic (exact) mass is 683 g/mol. The summed E-state index contributed by atoms with van der Waals surface area (Å²) in [4.78, 5) is 9.91. The molecule has 1 heterocycles. The van der Waals surface area contributed by atoms with Crippen LogP contribution in [0, 0.1) is 0 Å². The van der Waals surface area contributed by atoms with Gasteiger partial charge in [-0.2, -0.15) is 0 Å². The van der Waals surface area contributed by atoms with Gasteiger partial charge in [-0.15, -0.1) is 0 Å². The minimum Gasteiger partial charge on any atom is -0.238 e. The Hall–Kier alpha value is -0.920. The van der Waals surface area contributed by atoms with Crippen molar-refractivity contribution in [3.63, 3.8) is 0 Å². The Morgan fingerprint density at radius 2 is 0.490 bits per heavy atom. The molecule has 2 heteroatoms. The molecule has 49 heavy (non-hydrogen) atoms. The van der Waals surface area contributed by atoms with Crippen LogP contribution in [0.25, 0.3) is 0 Å². The summed E-state index contributed by atoms with van der Waals surface area (Å²) in [6.07, 6.45) is 56.1. The van der Waals surface area contributed by atoms with Crippen molar-refractivity contribution < 1.29 is 0 Å². The Bertz CT molecular complexity index is 715. The van der Waals surface area contributed by atoms with Crippen LogP contribution in [0.4, 0.5) is 0 Å². The Morgan fingerprint density at radius 1 is 0.265 bits per heavy atom. The zero-order chi connectivity index (χ0) is 35.1. The summed E-state index contributed by atoms with van der Waals surface area (Å²) in [6, 6.07) is 2.35. The Labute approximate surface area is 310 Å². The molecule has 0 unspecified atom stereocenters. The normalized spacial score (nSPS) is 11.6. The first-order valence-electron chi connectivity index (χ1n) is 23.2. The summed E-state index contributed by atoms with van der Waals surface area (Å²) in [6.45, 7) is 6.87. The average molecular weight is 683 g/mol. The van der Waals surface area contributed by atoms with E-state index in [-0.39, 0.29) is 0 Å². The second-order valence-corrected chi connectivity index (χ2v) is 16.0. The molecule has 0 aliphatic rings. The number of unbranched alkanes of at least 4 members (excludes halogenated alkanes) is 34. The molecule has 0 aliphatic heterocycles. The molecule has 0 bridgehead atoms. The lowest BCUT2D eigenvalue weighted by molar-refractivity contribution is 0.524. The molecular formula is C47H90N2. The number of aryl methyl sites for hydroxylation is 3. The second kappa shape index (κ2) is 38.3. The van der Waals surface area contributed by atoms with Gasteiger partial charge in [0.15, 0.2) is 0 Å². The molecular weight excluding hydrogens is 593 g/mol. The minimum atomic E-state index is 1.03. The predicted octanol–water partition coefficient (Wildman–Crippen LogP) is 16.6. The van der Waals surface area contributed by atoms with E-state index in [1.54, 1.807) is 0 Å². The fraction of sp³-hybridized carbons (Fsp3) is 0.915. The van der Waals surface area contributed by atoms with E-state index in [9.17, 15) is 0 Å². The second-order valence-electron chi connectivity index (χ2n) is 16.0. The maximum absolute atomic E-state index is 4.96. The van der Waals surface area contributed by atoms with E-state index < -0.39 is 0 Å². The Kier molecular flexibility index (Phi) is 36.0. The van der Waals surface area contributed by atoms with Gasteiger partial charge in [-0.05, 0) is 38.2 Å². The first kappa shape index (κ1) is 46.1. The van der Waals surface area contributed by atoms with Gasteiger partial charge in [0.2, 0.25) is 0 Å². The van der Waals surface area contributed by atoms with Gasteiger partial charge >= 0.3 is 0 Å². The third-order valence-electron chi connectivity index (χ3n) is 10.9. The Morgan fingerprint density at radius 3 is 0.714 bits per heavy atom. The van der Waals surface area contributed by atoms with Crippen LogP contribution in [0.15, 0.2) is 6.07 Å². The van der Waals surface area contributed by atoms with Gasteiger partial charge in [0, 0.05) is 17.8 Å². The van der Waals surface area contributed by atoms with Gasteiger partial charge in [-0.3, -0.25) is 0 Å². The first-order valence-corrected chi connectivity index (χ1v) is 23.2. The number of aromatic nitrogens is 2. The number of hydrogen-bond acceptors (Lipinski definition) is 2. The van der Waals surface area contributed by atoms with E-state index in [0.29, 0.717) is 0 Å². The minimum absolute atomic E-state index is 1.03. The van der Waals surface area contributed by atoms with Crippen LogP contribution in [0.3, 0.4) is 0 Å². The zero-order valence-electron chi connectivity index (χ0n) is 34.3. The first-order chi connectivity index (χ1) is 24.3. The summed E-state index contributed by atoms with van der Waals surface area (Å²) in [5, 5.41) is 0. The van der Waals surface area contributed by atoms with Gasteiger partial charge in [-0.1, -0.05) is 239 Å². The molecule has 0 spiro atoms. The summed E-state index contributed by atoms with van der Waals surface area (Å²) in [5.74, 6) is 1.10. The fourth-order valence-corrected chi connectivity index (χ4v) is 7.62. The summed E-state index contributed by atoms with van der Waals surface area (Å²) in [7, 11) is 0. The van der Waals surface area contributed by atoms with Crippen molar-refractivity contribution in [1.82, 2.24) is 9.97 Å². The number of hydrogen-bond donors (Lipinski definition) is 0. The van der Waals surface area contributed by atoms with Gasteiger partial charge < -0.3 is 0 Å². The van der Waals surface area contributed by atoms with Crippen LogP contribution in [0.5, 0.6) is 0 Å². The van der Waals surface area contributed by atoms with Crippen molar-refractivity contribution in [3.8, 4) is 0 Å². The molecule has 0 fully saturated rings. The molecule has 0 radical (unpaired) electrons. The molecule has 1 aromatic rings. The number of nitrogens with zero attached hydrogens (tertiary/aromatic N) is 2.